The van der Waals surface area contributed by atoms with Gasteiger partial charge in [0.25, 0.3) is 0 Å². The Morgan fingerprint density at radius 3 is 2.72 bits per heavy atom. The summed E-state index contributed by atoms with van der Waals surface area (Å²) < 4.78 is 39.0. The van der Waals surface area contributed by atoms with E-state index in [4.69, 9.17) is 0 Å². The zero-order valence-electron chi connectivity index (χ0n) is 10.4. The van der Waals surface area contributed by atoms with Crippen molar-refractivity contribution in [1.29, 1.82) is 0 Å². The molecule has 1 aliphatic rings. The van der Waals surface area contributed by atoms with Gasteiger partial charge in [-0.05, 0) is 19.3 Å². The van der Waals surface area contributed by atoms with E-state index < -0.39 is 11.7 Å². The molecule has 1 unspecified atom stereocenters. The van der Waals surface area contributed by atoms with Crippen LogP contribution < -0.4 is 5.32 Å². The van der Waals surface area contributed by atoms with Crippen LogP contribution in [-0.4, -0.2) is 22.4 Å². The molecule has 0 aliphatic heterocycles. The zero-order valence-corrected chi connectivity index (χ0v) is 10.4. The fraction of sp³-hybridized carbons (Fsp3) is 0.750. The highest BCUT2D eigenvalue weighted by Gasteiger charge is 2.33. The summed E-state index contributed by atoms with van der Waals surface area (Å²) in [5.41, 5.74) is -0.671. The molecule has 1 heterocycles. The summed E-state index contributed by atoms with van der Waals surface area (Å²) in [5, 5.41) is 7.20. The number of aromatic nitrogens is 2. The maximum absolute atomic E-state index is 12.5. The van der Waals surface area contributed by atoms with E-state index >= 15 is 0 Å². The second kappa shape index (κ2) is 5.30. The minimum absolute atomic E-state index is 0.00620. The lowest BCUT2D eigenvalue weighted by Crippen LogP contribution is -2.27. The molecular formula is C12H18F3N3. The van der Waals surface area contributed by atoms with Crippen molar-refractivity contribution >= 4 is 0 Å². The predicted octanol–water partition coefficient (Wildman–Crippen LogP) is 3.00. The van der Waals surface area contributed by atoms with Crippen LogP contribution >= 0.6 is 0 Å². The van der Waals surface area contributed by atoms with Crippen molar-refractivity contribution in [2.45, 2.75) is 50.9 Å². The monoisotopic (exact) mass is 261 g/mol. The molecule has 0 amide bonds. The van der Waals surface area contributed by atoms with Gasteiger partial charge in [0.2, 0.25) is 0 Å². The number of nitrogens with zero attached hydrogens (tertiary/aromatic N) is 2. The second-order valence-corrected chi connectivity index (χ2v) is 4.83. The molecule has 0 aromatic carbocycles. The van der Waals surface area contributed by atoms with Crippen molar-refractivity contribution in [1.82, 2.24) is 15.1 Å². The molecule has 1 aliphatic carbocycles. The fourth-order valence-corrected chi connectivity index (χ4v) is 1.94. The van der Waals surface area contributed by atoms with Gasteiger partial charge >= 0.3 is 6.18 Å². The Hall–Kier alpha value is -1.04. The molecule has 6 heteroatoms. The van der Waals surface area contributed by atoms with Crippen LogP contribution in [0.4, 0.5) is 13.2 Å². The third kappa shape index (κ3) is 3.48. The molecule has 1 aromatic heterocycles. The fourth-order valence-electron chi connectivity index (χ4n) is 1.94. The van der Waals surface area contributed by atoms with Gasteiger partial charge in [0.15, 0.2) is 0 Å². The lowest BCUT2D eigenvalue weighted by atomic mass is 10.1. The first-order valence-electron chi connectivity index (χ1n) is 6.35. The Morgan fingerprint density at radius 1 is 1.50 bits per heavy atom. The Bertz CT molecular complexity index is 382. The molecule has 0 radical (unpaired) electrons. The molecule has 1 N–H and O–H groups in total. The van der Waals surface area contributed by atoms with E-state index in [2.05, 4.69) is 10.4 Å². The van der Waals surface area contributed by atoms with Crippen LogP contribution in [0.2, 0.25) is 0 Å². The Labute approximate surface area is 104 Å². The van der Waals surface area contributed by atoms with Gasteiger partial charge in [0, 0.05) is 18.8 Å². The quantitative estimate of drug-likeness (QED) is 0.853. The van der Waals surface area contributed by atoms with Crippen molar-refractivity contribution in [2.24, 2.45) is 0 Å². The Morgan fingerprint density at radius 2 is 2.22 bits per heavy atom. The van der Waals surface area contributed by atoms with Gasteiger partial charge in [-0.25, -0.2) is 0 Å². The molecule has 1 fully saturated rings. The zero-order chi connectivity index (χ0) is 13.2. The highest BCUT2D eigenvalue weighted by Crippen LogP contribution is 2.29. The molecular weight excluding hydrogens is 243 g/mol. The SMILES string of the molecule is CCCC(CNC1CC1)n1cc(C(F)(F)F)cn1. The number of hydrogen-bond acceptors (Lipinski definition) is 2. The number of rotatable bonds is 6. The molecule has 0 saturated heterocycles. The summed E-state index contributed by atoms with van der Waals surface area (Å²) in [7, 11) is 0. The van der Waals surface area contributed by atoms with Crippen LogP contribution in [0.5, 0.6) is 0 Å². The maximum atomic E-state index is 12.5. The van der Waals surface area contributed by atoms with E-state index in [1.54, 1.807) is 0 Å². The summed E-state index contributed by atoms with van der Waals surface area (Å²) in [6.07, 6.45) is 1.81. The molecule has 102 valence electrons. The number of hydrogen-bond donors (Lipinski definition) is 1. The normalized spacial score (nSPS) is 18.0. The average Bonchev–Trinajstić information content (AvgIpc) is 2.97. The number of alkyl halides is 3. The van der Waals surface area contributed by atoms with Crippen LogP contribution in [0.25, 0.3) is 0 Å². The van der Waals surface area contributed by atoms with Gasteiger partial charge in [0.1, 0.15) is 0 Å². The molecule has 2 rings (SSSR count). The lowest BCUT2D eigenvalue weighted by molar-refractivity contribution is -0.137. The van der Waals surface area contributed by atoms with Gasteiger partial charge < -0.3 is 5.32 Å². The number of halogens is 3. The van der Waals surface area contributed by atoms with E-state index in [9.17, 15) is 13.2 Å². The highest BCUT2D eigenvalue weighted by molar-refractivity contribution is 5.09. The van der Waals surface area contributed by atoms with Gasteiger partial charge in [0.05, 0.1) is 17.8 Å². The first kappa shape index (κ1) is 13.4. The Balaban J connectivity index is 2.01. The van der Waals surface area contributed by atoms with Gasteiger partial charge in [-0.2, -0.15) is 18.3 Å². The second-order valence-electron chi connectivity index (χ2n) is 4.83. The first-order valence-corrected chi connectivity index (χ1v) is 6.35. The largest absolute Gasteiger partial charge is 0.419 e. The van der Waals surface area contributed by atoms with E-state index in [1.807, 2.05) is 6.92 Å². The van der Waals surface area contributed by atoms with Gasteiger partial charge in [-0.3, -0.25) is 4.68 Å². The van der Waals surface area contributed by atoms with Crippen LogP contribution in [-0.2, 0) is 6.18 Å². The first-order chi connectivity index (χ1) is 8.50. The van der Waals surface area contributed by atoms with Crippen molar-refractivity contribution in [3.05, 3.63) is 18.0 Å². The van der Waals surface area contributed by atoms with Crippen LogP contribution in [0.3, 0.4) is 0 Å². The van der Waals surface area contributed by atoms with Crippen molar-refractivity contribution in [3.8, 4) is 0 Å². The average molecular weight is 261 g/mol. The molecule has 18 heavy (non-hydrogen) atoms. The topological polar surface area (TPSA) is 29.9 Å². The molecule has 1 aromatic rings. The summed E-state index contributed by atoms with van der Waals surface area (Å²) in [5.74, 6) is 0. The Kier molecular flexibility index (Phi) is 3.94. The lowest BCUT2D eigenvalue weighted by Gasteiger charge is -2.17. The third-order valence-electron chi connectivity index (χ3n) is 3.14. The van der Waals surface area contributed by atoms with Crippen LogP contribution in [0, 0.1) is 0 Å². The highest BCUT2D eigenvalue weighted by atomic mass is 19.4. The van der Waals surface area contributed by atoms with Gasteiger partial charge in [-0.1, -0.05) is 13.3 Å². The van der Waals surface area contributed by atoms with Crippen LogP contribution in [0.1, 0.15) is 44.2 Å². The van der Waals surface area contributed by atoms with E-state index in [0.717, 1.165) is 25.2 Å². The van der Waals surface area contributed by atoms with Crippen molar-refractivity contribution < 1.29 is 13.2 Å². The van der Waals surface area contributed by atoms with Crippen molar-refractivity contribution in [3.63, 3.8) is 0 Å². The minimum Gasteiger partial charge on any atom is -0.312 e. The molecule has 1 saturated carbocycles. The van der Waals surface area contributed by atoms with E-state index in [1.165, 1.54) is 17.5 Å². The maximum Gasteiger partial charge on any atom is 0.419 e. The standard InChI is InChI=1S/C12H18F3N3/c1-2-3-11(7-16-10-4-5-10)18-8-9(6-17-18)12(13,14)15/h6,8,10-11,16H,2-5,7H2,1H3. The summed E-state index contributed by atoms with van der Waals surface area (Å²) >= 11 is 0. The summed E-state index contributed by atoms with van der Waals surface area (Å²) in [6, 6.07) is 0.564. The molecule has 3 nitrogen and oxygen atoms in total. The molecule has 1 atom stereocenters. The molecule has 0 spiro atoms. The minimum atomic E-state index is -4.31. The van der Waals surface area contributed by atoms with E-state index in [-0.39, 0.29) is 6.04 Å². The van der Waals surface area contributed by atoms with E-state index in [0.29, 0.717) is 12.6 Å². The van der Waals surface area contributed by atoms with Crippen LogP contribution in [0.15, 0.2) is 12.4 Å². The summed E-state index contributed by atoms with van der Waals surface area (Å²) in [4.78, 5) is 0. The third-order valence-corrected chi connectivity index (χ3v) is 3.14. The smallest absolute Gasteiger partial charge is 0.312 e. The predicted molar refractivity (Wildman–Crippen MR) is 62.2 cm³/mol. The number of nitrogens with one attached hydrogen (secondary N) is 1. The molecule has 0 bridgehead atoms. The van der Waals surface area contributed by atoms with Gasteiger partial charge in [-0.15, -0.1) is 0 Å². The van der Waals surface area contributed by atoms with Crippen molar-refractivity contribution in [2.75, 3.05) is 6.54 Å². The summed E-state index contributed by atoms with van der Waals surface area (Å²) in [6.45, 7) is 2.72.